The molecular formula is C20H21N3O3S2. The normalized spacial score (nSPS) is 13.5. The Labute approximate surface area is 171 Å². The van der Waals surface area contributed by atoms with Gasteiger partial charge in [-0.25, -0.2) is 9.97 Å². The average Bonchev–Trinajstić information content (AvgIpc) is 3.28. The summed E-state index contributed by atoms with van der Waals surface area (Å²) in [6.07, 6.45) is 4.60. The van der Waals surface area contributed by atoms with Gasteiger partial charge in [0.15, 0.2) is 5.76 Å². The summed E-state index contributed by atoms with van der Waals surface area (Å²) < 4.78 is 5.56. The third-order valence-electron chi connectivity index (χ3n) is 4.68. The second-order valence-corrected chi connectivity index (χ2v) is 8.90. The molecule has 0 radical (unpaired) electrons. The molecule has 0 bridgehead atoms. The highest BCUT2D eigenvalue weighted by atomic mass is 32.2. The van der Waals surface area contributed by atoms with Gasteiger partial charge in [-0.15, -0.1) is 11.3 Å². The Morgan fingerprint density at radius 1 is 1.25 bits per heavy atom. The predicted molar refractivity (Wildman–Crippen MR) is 110 cm³/mol. The first-order valence-corrected chi connectivity index (χ1v) is 11.1. The molecule has 3 heterocycles. The number of Topliss-reactive ketones (excluding diaryl/α,β-unsaturated/α-hetero) is 1. The van der Waals surface area contributed by atoms with E-state index >= 15 is 0 Å². The Balaban J connectivity index is 1.52. The van der Waals surface area contributed by atoms with Crippen LogP contribution in [0.25, 0.3) is 10.2 Å². The van der Waals surface area contributed by atoms with Crippen LogP contribution in [0.3, 0.4) is 0 Å². The number of carbonyl (C=O) groups excluding carboxylic acids is 2. The van der Waals surface area contributed by atoms with E-state index in [2.05, 4.69) is 15.3 Å². The molecule has 0 aromatic carbocycles. The van der Waals surface area contributed by atoms with Crippen LogP contribution < -0.4 is 5.32 Å². The van der Waals surface area contributed by atoms with Gasteiger partial charge in [-0.3, -0.25) is 9.59 Å². The molecule has 0 unspecified atom stereocenters. The van der Waals surface area contributed by atoms with E-state index in [0.29, 0.717) is 11.5 Å². The van der Waals surface area contributed by atoms with Gasteiger partial charge in [-0.05, 0) is 50.3 Å². The zero-order valence-corrected chi connectivity index (χ0v) is 17.5. The number of aryl methyl sites for hydroxylation is 3. The van der Waals surface area contributed by atoms with Gasteiger partial charge in [0.2, 0.25) is 11.7 Å². The standard InChI is InChI=1S/C20H21N3O3S2/c1-11-22-19(18-14-5-3-4-6-17(14)28-20(18)23-11)27-10-15(25)16-8-7-13(26-16)9-21-12(2)24/h7-8H,3-6,9-10H2,1-2H3,(H,21,24). The van der Waals surface area contributed by atoms with E-state index in [1.54, 1.807) is 23.5 Å². The minimum absolute atomic E-state index is 0.0902. The first-order valence-electron chi connectivity index (χ1n) is 9.29. The Bertz CT molecular complexity index is 1050. The van der Waals surface area contributed by atoms with Gasteiger partial charge in [-0.2, -0.15) is 0 Å². The van der Waals surface area contributed by atoms with E-state index in [-0.39, 0.29) is 24.0 Å². The first-order chi connectivity index (χ1) is 13.5. The highest BCUT2D eigenvalue weighted by Gasteiger charge is 2.22. The fourth-order valence-electron chi connectivity index (χ4n) is 3.37. The van der Waals surface area contributed by atoms with Gasteiger partial charge in [-0.1, -0.05) is 11.8 Å². The predicted octanol–water partition coefficient (Wildman–Crippen LogP) is 4.08. The fourth-order valence-corrected chi connectivity index (χ4v) is 5.71. The average molecular weight is 416 g/mol. The van der Waals surface area contributed by atoms with Gasteiger partial charge in [0.05, 0.1) is 12.3 Å². The molecule has 0 saturated heterocycles. The lowest BCUT2D eigenvalue weighted by molar-refractivity contribution is -0.119. The first kappa shape index (κ1) is 19.1. The molecule has 4 rings (SSSR count). The van der Waals surface area contributed by atoms with Gasteiger partial charge < -0.3 is 9.73 Å². The van der Waals surface area contributed by atoms with E-state index < -0.39 is 0 Å². The van der Waals surface area contributed by atoms with Crippen molar-refractivity contribution in [2.45, 2.75) is 51.1 Å². The number of nitrogens with zero attached hydrogens (tertiary/aromatic N) is 2. The van der Waals surface area contributed by atoms with Crippen LogP contribution in [-0.2, 0) is 24.2 Å². The molecule has 1 aliphatic rings. The third kappa shape index (κ3) is 3.98. The van der Waals surface area contributed by atoms with Crippen LogP contribution in [-0.4, -0.2) is 27.4 Å². The van der Waals surface area contributed by atoms with Crippen molar-refractivity contribution in [2.75, 3.05) is 5.75 Å². The molecule has 28 heavy (non-hydrogen) atoms. The monoisotopic (exact) mass is 415 g/mol. The largest absolute Gasteiger partial charge is 0.456 e. The minimum Gasteiger partial charge on any atom is -0.456 e. The zero-order valence-electron chi connectivity index (χ0n) is 15.8. The smallest absolute Gasteiger partial charge is 0.217 e. The number of rotatable bonds is 6. The van der Waals surface area contributed by atoms with Crippen molar-refractivity contribution < 1.29 is 14.0 Å². The number of amides is 1. The molecule has 0 fully saturated rings. The molecule has 6 nitrogen and oxygen atoms in total. The van der Waals surface area contributed by atoms with Gasteiger partial charge >= 0.3 is 0 Å². The molecule has 0 aliphatic heterocycles. The van der Waals surface area contributed by atoms with Crippen LogP contribution in [0.5, 0.6) is 0 Å². The van der Waals surface area contributed by atoms with Crippen molar-refractivity contribution in [3.8, 4) is 0 Å². The van der Waals surface area contributed by atoms with Crippen molar-refractivity contribution >= 4 is 45.0 Å². The quantitative estimate of drug-likeness (QED) is 0.371. The van der Waals surface area contributed by atoms with Crippen LogP contribution >= 0.6 is 23.1 Å². The second kappa shape index (κ2) is 8.05. The van der Waals surface area contributed by atoms with Crippen molar-refractivity contribution in [3.05, 3.63) is 39.9 Å². The summed E-state index contributed by atoms with van der Waals surface area (Å²) in [4.78, 5) is 35.3. The van der Waals surface area contributed by atoms with Crippen molar-refractivity contribution in [1.29, 1.82) is 0 Å². The van der Waals surface area contributed by atoms with Gasteiger partial charge in [0.1, 0.15) is 21.4 Å². The van der Waals surface area contributed by atoms with Crippen molar-refractivity contribution in [2.24, 2.45) is 0 Å². The lowest BCUT2D eigenvalue weighted by Gasteiger charge is -2.11. The van der Waals surface area contributed by atoms with E-state index in [1.165, 1.54) is 42.0 Å². The number of furan rings is 1. The Morgan fingerprint density at radius 3 is 2.89 bits per heavy atom. The molecule has 1 aliphatic carbocycles. The van der Waals surface area contributed by atoms with E-state index in [0.717, 1.165) is 33.9 Å². The van der Waals surface area contributed by atoms with Crippen LogP contribution in [0.15, 0.2) is 21.6 Å². The summed E-state index contributed by atoms with van der Waals surface area (Å²) in [6.45, 7) is 3.62. The Morgan fingerprint density at radius 2 is 2.07 bits per heavy atom. The zero-order chi connectivity index (χ0) is 19.7. The lowest BCUT2D eigenvalue weighted by atomic mass is 9.97. The molecule has 3 aromatic heterocycles. The highest BCUT2D eigenvalue weighted by molar-refractivity contribution is 8.00. The van der Waals surface area contributed by atoms with Crippen LogP contribution in [0.1, 0.15) is 52.3 Å². The number of thioether (sulfide) groups is 1. The van der Waals surface area contributed by atoms with E-state index in [9.17, 15) is 9.59 Å². The number of thiophene rings is 1. The maximum absolute atomic E-state index is 12.6. The summed E-state index contributed by atoms with van der Waals surface area (Å²) in [5.41, 5.74) is 1.37. The van der Waals surface area contributed by atoms with Gasteiger partial charge in [0.25, 0.3) is 0 Å². The molecule has 146 valence electrons. The number of fused-ring (bicyclic) bond motifs is 3. The number of hydrogen-bond donors (Lipinski definition) is 1. The molecule has 3 aromatic rings. The lowest BCUT2D eigenvalue weighted by Crippen LogP contribution is -2.18. The summed E-state index contributed by atoms with van der Waals surface area (Å²) in [7, 11) is 0. The summed E-state index contributed by atoms with van der Waals surface area (Å²) in [6, 6.07) is 3.38. The maximum atomic E-state index is 12.6. The van der Waals surface area contributed by atoms with Crippen LogP contribution in [0.4, 0.5) is 0 Å². The third-order valence-corrected chi connectivity index (χ3v) is 6.84. The summed E-state index contributed by atoms with van der Waals surface area (Å²) in [5, 5.41) is 4.68. The minimum atomic E-state index is -0.137. The van der Waals surface area contributed by atoms with E-state index in [4.69, 9.17) is 4.42 Å². The number of carbonyl (C=O) groups is 2. The number of aromatic nitrogens is 2. The number of ketones is 1. The number of hydrogen-bond acceptors (Lipinski definition) is 7. The molecule has 0 saturated carbocycles. The Hall–Kier alpha value is -2.19. The molecule has 1 N–H and O–H groups in total. The molecular weight excluding hydrogens is 394 g/mol. The molecule has 8 heteroatoms. The van der Waals surface area contributed by atoms with Crippen molar-refractivity contribution in [3.63, 3.8) is 0 Å². The maximum Gasteiger partial charge on any atom is 0.217 e. The summed E-state index contributed by atoms with van der Waals surface area (Å²) >= 11 is 3.22. The molecule has 0 spiro atoms. The van der Waals surface area contributed by atoms with Crippen molar-refractivity contribution in [1.82, 2.24) is 15.3 Å². The summed E-state index contributed by atoms with van der Waals surface area (Å²) in [5.74, 6) is 1.63. The Kier molecular flexibility index (Phi) is 5.50. The van der Waals surface area contributed by atoms with Gasteiger partial charge in [0, 0.05) is 17.2 Å². The second-order valence-electron chi connectivity index (χ2n) is 6.85. The molecule has 1 amide bonds. The molecule has 0 atom stereocenters. The number of nitrogens with one attached hydrogen (secondary N) is 1. The topological polar surface area (TPSA) is 85.1 Å². The SMILES string of the molecule is CC(=O)NCc1ccc(C(=O)CSc2nc(C)nc3sc4c(c23)CCCC4)o1. The van der Waals surface area contributed by atoms with Crippen LogP contribution in [0, 0.1) is 6.92 Å². The highest BCUT2D eigenvalue weighted by Crippen LogP contribution is 2.39. The van der Waals surface area contributed by atoms with Crippen LogP contribution in [0.2, 0.25) is 0 Å². The fraction of sp³-hybridized carbons (Fsp3) is 0.400. The van der Waals surface area contributed by atoms with E-state index in [1.807, 2.05) is 6.92 Å².